The maximum atomic E-state index is 11.3. The molecule has 4 nitrogen and oxygen atoms in total. The number of rotatable bonds is 4. The number of carbonyl (C=O) groups excluding carboxylic acids is 1. The molecule has 0 aromatic carbocycles. The molecule has 0 radical (unpaired) electrons. The maximum absolute atomic E-state index is 11.3. The van der Waals surface area contributed by atoms with Gasteiger partial charge in [0.2, 0.25) is 0 Å². The van der Waals surface area contributed by atoms with E-state index >= 15 is 0 Å². The molecule has 0 saturated carbocycles. The molecule has 0 amide bonds. The molecule has 2 aliphatic heterocycles. The largest absolute Gasteiger partial charge is 0.380 e. The summed E-state index contributed by atoms with van der Waals surface area (Å²) in [7, 11) is 2.19. The van der Waals surface area contributed by atoms with Crippen LogP contribution in [-0.2, 0) is 9.53 Å². The van der Waals surface area contributed by atoms with E-state index in [1.54, 1.807) is 0 Å². The lowest BCUT2D eigenvalue weighted by molar-refractivity contribution is -0.117. The van der Waals surface area contributed by atoms with Gasteiger partial charge in [0, 0.05) is 38.8 Å². The first-order valence-corrected chi connectivity index (χ1v) is 6.66. The van der Waals surface area contributed by atoms with Crippen molar-refractivity contribution >= 4 is 6.29 Å². The Balaban J connectivity index is 1.92. The van der Waals surface area contributed by atoms with Crippen molar-refractivity contribution in [2.75, 3.05) is 46.4 Å². The smallest absolute Gasteiger partial charge is 0.129 e. The van der Waals surface area contributed by atoms with Crippen molar-refractivity contribution in [2.45, 2.75) is 25.8 Å². The van der Waals surface area contributed by atoms with Gasteiger partial charge in [0.25, 0.3) is 0 Å². The van der Waals surface area contributed by atoms with Crippen LogP contribution in [0.1, 0.15) is 19.8 Å². The van der Waals surface area contributed by atoms with E-state index in [-0.39, 0.29) is 5.41 Å². The molecule has 2 atom stereocenters. The summed E-state index contributed by atoms with van der Waals surface area (Å²) < 4.78 is 5.40. The summed E-state index contributed by atoms with van der Waals surface area (Å²) in [6, 6.07) is 0.634. The van der Waals surface area contributed by atoms with E-state index in [1.165, 1.54) is 6.42 Å². The molecule has 98 valence electrons. The molecule has 0 aromatic heterocycles. The van der Waals surface area contributed by atoms with Crippen LogP contribution in [0.2, 0.25) is 0 Å². The van der Waals surface area contributed by atoms with Gasteiger partial charge in [-0.1, -0.05) is 6.92 Å². The molecular weight excluding hydrogens is 216 g/mol. The highest BCUT2D eigenvalue weighted by Gasteiger charge is 2.37. The zero-order valence-corrected chi connectivity index (χ0v) is 11.0. The lowest BCUT2D eigenvalue weighted by Gasteiger charge is -2.41. The molecule has 17 heavy (non-hydrogen) atoms. The fourth-order valence-electron chi connectivity index (χ4n) is 2.92. The van der Waals surface area contributed by atoms with Crippen molar-refractivity contribution in [3.05, 3.63) is 0 Å². The fourth-order valence-corrected chi connectivity index (χ4v) is 2.92. The minimum atomic E-state index is -0.228. The second kappa shape index (κ2) is 5.46. The Kier molecular flexibility index (Phi) is 4.17. The van der Waals surface area contributed by atoms with E-state index in [0.717, 1.165) is 45.5 Å². The highest BCUT2D eigenvalue weighted by Crippen LogP contribution is 2.28. The van der Waals surface area contributed by atoms with Crippen LogP contribution in [0.15, 0.2) is 0 Å². The SMILES string of the molecule is CCC1CN(CC2(C=O)CCOC2)CCN1C. The number of likely N-dealkylation sites (N-methyl/N-ethyl adjacent to an activating group) is 1. The summed E-state index contributed by atoms with van der Waals surface area (Å²) >= 11 is 0. The third kappa shape index (κ3) is 2.87. The molecule has 0 aromatic rings. The van der Waals surface area contributed by atoms with Crippen molar-refractivity contribution in [2.24, 2.45) is 5.41 Å². The number of hydrogen-bond donors (Lipinski definition) is 0. The first kappa shape index (κ1) is 13.0. The normalized spacial score (nSPS) is 36.2. The van der Waals surface area contributed by atoms with Crippen LogP contribution in [0.4, 0.5) is 0 Å². The molecule has 2 saturated heterocycles. The minimum absolute atomic E-state index is 0.228. The first-order chi connectivity index (χ1) is 8.19. The Morgan fingerprint density at radius 2 is 2.29 bits per heavy atom. The lowest BCUT2D eigenvalue weighted by atomic mass is 9.88. The zero-order valence-electron chi connectivity index (χ0n) is 11.0. The predicted molar refractivity (Wildman–Crippen MR) is 67.1 cm³/mol. The number of ether oxygens (including phenoxy) is 1. The summed E-state index contributed by atoms with van der Waals surface area (Å²) in [4.78, 5) is 16.2. The van der Waals surface area contributed by atoms with E-state index in [4.69, 9.17) is 4.74 Å². The highest BCUT2D eigenvalue weighted by molar-refractivity contribution is 5.60. The third-order valence-corrected chi connectivity index (χ3v) is 4.25. The standard InChI is InChI=1S/C13H24N2O2/c1-3-12-8-15(6-5-14(12)2)9-13(10-16)4-7-17-11-13/h10,12H,3-9,11H2,1-2H3. The van der Waals surface area contributed by atoms with Crippen molar-refractivity contribution in [1.29, 1.82) is 0 Å². The van der Waals surface area contributed by atoms with Gasteiger partial charge in [0.1, 0.15) is 6.29 Å². The molecule has 2 unspecified atom stereocenters. The molecule has 4 heteroatoms. The van der Waals surface area contributed by atoms with E-state index in [1.807, 2.05) is 0 Å². The molecule has 0 aliphatic carbocycles. The fraction of sp³-hybridized carbons (Fsp3) is 0.923. The Labute approximate surface area is 104 Å². The van der Waals surface area contributed by atoms with E-state index in [2.05, 4.69) is 23.8 Å². The Morgan fingerprint density at radius 3 is 2.88 bits per heavy atom. The minimum Gasteiger partial charge on any atom is -0.380 e. The van der Waals surface area contributed by atoms with Gasteiger partial charge in [-0.15, -0.1) is 0 Å². The molecule has 2 heterocycles. The predicted octanol–water partition coefficient (Wildman–Crippen LogP) is 0.618. The maximum Gasteiger partial charge on any atom is 0.129 e. The van der Waals surface area contributed by atoms with Gasteiger partial charge < -0.3 is 14.4 Å². The number of nitrogens with zero attached hydrogens (tertiary/aromatic N) is 2. The van der Waals surface area contributed by atoms with Crippen LogP contribution < -0.4 is 0 Å². The second-order valence-corrected chi connectivity index (χ2v) is 5.56. The summed E-state index contributed by atoms with van der Waals surface area (Å²) in [5.74, 6) is 0. The monoisotopic (exact) mass is 240 g/mol. The average molecular weight is 240 g/mol. The Bertz CT molecular complexity index is 264. The van der Waals surface area contributed by atoms with Crippen molar-refractivity contribution in [1.82, 2.24) is 9.80 Å². The van der Waals surface area contributed by atoms with Crippen LogP contribution in [0.5, 0.6) is 0 Å². The van der Waals surface area contributed by atoms with Crippen LogP contribution >= 0.6 is 0 Å². The molecule has 2 aliphatic rings. The molecule has 0 N–H and O–H groups in total. The van der Waals surface area contributed by atoms with E-state index in [0.29, 0.717) is 12.6 Å². The van der Waals surface area contributed by atoms with Crippen LogP contribution in [0, 0.1) is 5.41 Å². The van der Waals surface area contributed by atoms with Crippen molar-refractivity contribution < 1.29 is 9.53 Å². The summed E-state index contributed by atoms with van der Waals surface area (Å²) in [6.07, 6.45) is 3.19. The molecule has 2 rings (SSSR count). The van der Waals surface area contributed by atoms with Gasteiger partial charge in [-0.05, 0) is 19.9 Å². The zero-order chi connectivity index (χ0) is 12.3. The van der Waals surface area contributed by atoms with Crippen molar-refractivity contribution in [3.63, 3.8) is 0 Å². The average Bonchev–Trinajstić information content (AvgIpc) is 2.81. The lowest BCUT2D eigenvalue weighted by Crippen LogP contribution is -2.54. The summed E-state index contributed by atoms with van der Waals surface area (Å²) in [6.45, 7) is 7.72. The van der Waals surface area contributed by atoms with Crippen molar-refractivity contribution in [3.8, 4) is 0 Å². The second-order valence-electron chi connectivity index (χ2n) is 5.56. The van der Waals surface area contributed by atoms with Gasteiger partial charge in [0.05, 0.1) is 12.0 Å². The number of hydrogen-bond acceptors (Lipinski definition) is 4. The van der Waals surface area contributed by atoms with Crippen LogP contribution in [-0.4, -0.2) is 68.6 Å². The van der Waals surface area contributed by atoms with E-state index < -0.39 is 0 Å². The topological polar surface area (TPSA) is 32.8 Å². The highest BCUT2D eigenvalue weighted by atomic mass is 16.5. The van der Waals surface area contributed by atoms with Gasteiger partial charge in [-0.25, -0.2) is 0 Å². The third-order valence-electron chi connectivity index (χ3n) is 4.25. The molecular formula is C13H24N2O2. The van der Waals surface area contributed by atoms with E-state index in [9.17, 15) is 4.79 Å². The Hall–Kier alpha value is -0.450. The van der Waals surface area contributed by atoms with Crippen LogP contribution in [0.25, 0.3) is 0 Å². The number of aldehydes is 1. The van der Waals surface area contributed by atoms with Crippen LogP contribution in [0.3, 0.4) is 0 Å². The molecule has 0 bridgehead atoms. The molecule has 0 spiro atoms. The summed E-state index contributed by atoms with van der Waals surface area (Å²) in [5.41, 5.74) is -0.228. The van der Waals surface area contributed by atoms with Gasteiger partial charge in [-0.2, -0.15) is 0 Å². The summed E-state index contributed by atoms with van der Waals surface area (Å²) in [5, 5.41) is 0. The van der Waals surface area contributed by atoms with Gasteiger partial charge in [0.15, 0.2) is 0 Å². The first-order valence-electron chi connectivity index (χ1n) is 6.66. The number of piperazine rings is 1. The van der Waals surface area contributed by atoms with Gasteiger partial charge in [-0.3, -0.25) is 4.90 Å². The number of carbonyl (C=O) groups is 1. The van der Waals surface area contributed by atoms with Gasteiger partial charge >= 0.3 is 0 Å². The molecule has 2 fully saturated rings. The quantitative estimate of drug-likeness (QED) is 0.674. The Morgan fingerprint density at radius 1 is 1.47 bits per heavy atom.